The second-order valence-electron chi connectivity index (χ2n) is 7.49. The van der Waals surface area contributed by atoms with E-state index in [1.807, 2.05) is 36.6 Å². The van der Waals surface area contributed by atoms with Gasteiger partial charge >= 0.3 is 0 Å². The largest absolute Gasteiger partial charge is 0.353 e. The van der Waals surface area contributed by atoms with Crippen LogP contribution in [0.15, 0.2) is 48.8 Å². The first-order valence-electron chi connectivity index (χ1n) is 9.34. The Morgan fingerprint density at radius 3 is 2.67 bits per heavy atom. The Hall–Kier alpha value is -2.69. The molecule has 1 amide bonds. The minimum atomic E-state index is -0.414. The number of hydrogen-bond donors (Lipinski definition) is 1. The molecule has 3 rings (SSSR count). The molecule has 0 aliphatic rings. The van der Waals surface area contributed by atoms with Crippen molar-refractivity contribution in [2.24, 2.45) is 5.92 Å². The van der Waals surface area contributed by atoms with Crippen molar-refractivity contribution in [3.63, 3.8) is 0 Å². The van der Waals surface area contributed by atoms with Gasteiger partial charge in [-0.3, -0.25) is 4.79 Å². The number of pyridine rings is 1. The fourth-order valence-corrected chi connectivity index (χ4v) is 3.16. The molecule has 2 atom stereocenters. The van der Waals surface area contributed by atoms with E-state index in [0.717, 1.165) is 16.9 Å². The van der Waals surface area contributed by atoms with Gasteiger partial charge in [0.2, 0.25) is 5.91 Å². The number of aryl methyl sites for hydroxylation is 1. The van der Waals surface area contributed by atoms with Crippen molar-refractivity contribution >= 4 is 11.6 Å². The standard InChI is InChI=1S/C22H26FN3O/c1-14(2)16(4)25-22(27)12-18(17-7-5-6-8-19(17)23)20-13-24-21-11-15(3)9-10-26(20)21/h5-11,13-14,16,18H,12H2,1-4H3,(H,25,27). The summed E-state index contributed by atoms with van der Waals surface area (Å²) in [6.07, 6.45) is 3.83. The maximum absolute atomic E-state index is 14.6. The molecule has 0 aliphatic heterocycles. The zero-order chi connectivity index (χ0) is 19.6. The van der Waals surface area contributed by atoms with Gasteiger partial charge in [0.1, 0.15) is 11.5 Å². The van der Waals surface area contributed by atoms with Gasteiger partial charge in [-0.1, -0.05) is 32.0 Å². The first-order chi connectivity index (χ1) is 12.9. The van der Waals surface area contributed by atoms with E-state index in [0.29, 0.717) is 11.5 Å². The number of carbonyl (C=O) groups excluding carboxylic acids is 1. The molecule has 2 aromatic heterocycles. The quantitative estimate of drug-likeness (QED) is 0.699. The third-order valence-corrected chi connectivity index (χ3v) is 5.11. The molecule has 0 radical (unpaired) electrons. The van der Waals surface area contributed by atoms with Crippen molar-refractivity contribution in [2.45, 2.75) is 46.1 Å². The molecule has 0 saturated carbocycles. The third-order valence-electron chi connectivity index (χ3n) is 5.11. The van der Waals surface area contributed by atoms with Crippen LogP contribution in [0.2, 0.25) is 0 Å². The average Bonchev–Trinajstić information content (AvgIpc) is 3.03. The lowest BCUT2D eigenvalue weighted by Gasteiger charge is -2.21. The summed E-state index contributed by atoms with van der Waals surface area (Å²) in [6, 6.07) is 10.7. The number of nitrogens with zero attached hydrogens (tertiary/aromatic N) is 2. The monoisotopic (exact) mass is 367 g/mol. The highest BCUT2D eigenvalue weighted by Gasteiger charge is 2.25. The van der Waals surface area contributed by atoms with E-state index in [9.17, 15) is 9.18 Å². The fraction of sp³-hybridized carbons (Fsp3) is 0.364. The van der Waals surface area contributed by atoms with Gasteiger partial charge in [-0.05, 0) is 49.1 Å². The second kappa shape index (κ2) is 7.91. The maximum atomic E-state index is 14.6. The number of amides is 1. The molecule has 27 heavy (non-hydrogen) atoms. The Kier molecular flexibility index (Phi) is 5.59. The number of rotatable bonds is 6. The van der Waals surface area contributed by atoms with Crippen LogP contribution in [0.5, 0.6) is 0 Å². The van der Waals surface area contributed by atoms with E-state index < -0.39 is 5.92 Å². The van der Waals surface area contributed by atoms with Crippen molar-refractivity contribution in [1.29, 1.82) is 0 Å². The Morgan fingerprint density at radius 1 is 1.22 bits per heavy atom. The van der Waals surface area contributed by atoms with Crippen LogP contribution in [0.4, 0.5) is 4.39 Å². The molecule has 142 valence electrons. The molecule has 0 spiro atoms. The molecule has 1 N–H and O–H groups in total. The van der Waals surface area contributed by atoms with Crippen LogP contribution < -0.4 is 5.32 Å². The van der Waals surface area contributed by atoms with Crippen molar-refractivity contribution in [3.8, 4) is 0 Å². The SMILES string of the molecule is Cc1ccn2c(C(CC(=O)NC(C)C(C)C)c3ccccc3F)cnc2c1. The normalized spacial score (nSPS) is 13.7. The predicted octanol–water partition coefficient (Wildman–Crippen LogP) is 4.46. The third kappa shape index (κ3) is 4.18. The highest BCUT2D eigenvalue weighted by atomic mass is 19.1. The number of carbonyl (C=O) groups is 1. The molecule has 0 bridgehead atoms. The smallest absolute Gasteiger partial charge is 0.221 e. The summed E-state index contributed by atoms with van der Waals surface area (Å²) in [5.74, 6) is -0.483. The van der Waals surface area contributed by atoms with Crippen LogP contribution in [0, 0.1) is 18.7 Å². The topological polar surface area (TPSA) is 46.4 Å². The summed E-state index contributed by atoms with van der Waals surface area (Å²) in [7, 11) is 0. The van der Waals surface area contributed by atoms with Crippen molar-refractivity contribution in [1.82, 2.24) is 14.7 Å². The molecule has 1 aromatic carbocycles. The van der Waals surface area contributed by atoms with Gasteiger partial charge in [0.25, 0.3) is 0 Å². The summed E-state index contributed by atoms with van der Waals surface area (Å²) in [6.45, 7) is 8.11. The van der Waals surface area contributed by atoms with Crippen molar-refractivity contribution in [2.75, 3.05) is 0 Å². The first-order valence-corrected chi connectivity index (χ1v) is 9.34. The summed E-state index contributed by atoms with van der Waals surface area (Å²) in [5.41, 5.74) is 3.21. The lowest BCUT2D eigenvalue weighted by atomic mass is 9.91. The van der Waals surface area contributed by atoms with Gasteiger partial charge in [-0.25, -0.2) is 9.37 Å². The van der Waals surface area contributed by atoms with Gasteiger partial charge in [0.15, 0.2) is 0 Å². The average molecular weight is 367 g/mol. The van der Waals surface area contributed by atoms with E-state index in [4.69, 9.17) is 0 Å². The Morgan fingerprint density at radius 2 is 1.96 bits per heavy atom. The first kappa shape index (κ1) is 19.1. The summed E-state index contributed by atoms with van der Waals surface area (Å²) in [5, 5.41) is 3.03. The minimum absolute atomic E-state index is 0.0589. The molecular formula is C22H26FN3O. The lowest BCUT2D eigenvalue weighted by Crippen LogP contribution is -2.37. The summed E-state index contributed by atoms with van der Waals surface area (Å²) in [4.78, 5) is 17.1. The van der Waals surface area contributed by atoms with Crippen molar-refractivity contribution < 1.29 is 9.18 Å². The van der Waals surface area contributed by atoms with Crippen LogP contribution in [-0.4, -0.2) is 21.3 Å². The van der Waals surface area contributed by atoms with E-state index in [1.54, 1.807) is 24.4 Å². The highest BCUT2D eigenvalue weighted by Crippen LogP contribution is 2.30. The fourth-order valence-electron chi connectivity index (χ4n) is 3.16. The van der Waals surface area contributed by atoms with Gasteiger partial charge in [0.05, 0.1) is 5.69 Å². The van der Waals surface area contributed by atoms with Crippen molar-refractivity contribution in [3.05, 3.63) is 71.4 Å². The molecular weight excluding hydrogens is 341 g/mol. The van der Waals surface area contributed by atoms with E-state index >= 15 is 0 Å². The number of fused-ring (bicyclic) bond motifs is 1. The number of benzene rings is 1. The molecule has 2 heterocycles. The number of imidazole rings is 1. The molecule has 0 fully saturated rings. The van der Waals surface area contributed by atoms with Crippen LogP contribution in [0.1, 0.15) is 49.9 Å². The highest BCUT2D eigenvalue weighted by molar-refractivity contribution is 5.78. The molecule has 3 aromatic rings. The maximum Gasteiger partial charge on any atom is 0.221 e. The Labute approximate surface area is 159 Å². The van der Waals surface area contributed by atoms with Gasteiger partial charge in [0, 0.05) is 30.8 Å². The van der Waals surface area contributed by atoms with Gasteiger partial charge < -0.3 is 9.72 Å². The molecule has 4 nitrogen and oxygen atoms in total. The van der Waals surface area contributed by atoms with Gasteiger partial charge in [-0.15, -0.1) is 0 Å². The Balaban J connectivity index is 2.00. The number of hydrogen-bond acceptors (Lipinski definition) is 2. The molecule has 2 unspecified atom stereocenters. The number of halogens is 1. The van der Waals surface area contributed by atoms with Crippen LogP contribution >= 0.6 is 0 Å². The lowest BCUT2D eigenvalue weighted by molar-refractivity contribution is -0.122. The van der Waals surface area contributed by atoms with Crippen LogP contribution in [0.3, 0.4) is 0 Å². The Bertz CT molecular complexity index is 948. The summed E-state index contributed by atoms with van der Waals surface area (Å²) >= 11 is 0. The second-order valence-corrected chi connectivity index (χ2v) is 7.49. The minimum Gasteiger partial charge on any atom is -0.353 e. The zero-order valence-electron chi connectivity index (χ0n) is 16.2. The predicted molar refractivity (Wildman–Crippen MR) is 105 cm³/mol. The molecule has 0 saturated heterocycles. The number of nitrogens with one attached hydrogen (secondary N) is 1. The molecule has 0 aliphatic carbocycles. The van der Waals surface area contributed by atoms with E-state index in [-0.39, 0.29) is 24.2 Å². The zero-order valence-corrected chi connectivity index (χ0v) is 16.2. The number of aromatic nitrogens is 2. The van der Waals surface area contributed by atoms with E-state index in [1.165, 1.54) is 6.07 Å². The molecule has 5 heteroatoms. The van der Waals surface area contributed by atoms with Gasteiger partial charge in [-0.2, -0.15) is 0 Å². The summed E-state index contributed by atoms with van der Waals surface area (Å²) < 4.78 is 16.5. The van der Waals surface area contributed by atoms with Crippen LogP contribution in [0.25, 0.3) is 5.65 Å². The van der Waals surface area contributed by atoms with E-state index in [2.05, 4.69) is 24.1 Å². The van der Waals surface area contributed by atoms with Crippen LogP contribution in [-0.2, 0) is 4.79 Å².